The normalized spacial score (nSPS) is 12.5. The van der Waals surface area contributed by atoms with E-state index in [1.54, 1.807) is 0 Å². The van der Waals surface area contributed by atoms with Crippen molar-refractivity contribution in [1.29, 1.82) is 0 Å². The number of rotatable bonds is 61. The highest BCUT2D eigenvalue weighted by Crippen LogP contribution is 2.18. The maximum Gasteiger partial charge on any atom is 0.306 e. The van der Waals surface area contributed by atoms with Crippen LogP contribution in [0.3, 0.4) is 0 Å². The molecule has 0 fully saturated rings. The first-order valence-corrected chi connectivity index (χ1v) is 32.8. The molecule has 0 aromatic rings. The second kappa shape index (κ2) is 64.9. The van der Waals surface area contributed by atoms with Gasteiger partial charge in [0.2, 0.25) is 0 Å². The quantitative estimate of drug-likeness (QED) is 0.0373. The molecule has 0 aliphatic rings. The highest BCUT2D eigenvalue weighted by molar-refractivity contribution is 5.70. The number of allylic oxidation sites excluding steroid dienone is 10. The fourth-order valence-corrected chi connectivity index (χ4v) is 9.94. The lowest BCUT2D eigenvalue weighted by atomic mass is 10.0. The first-order chi connectivity index (χ1) is 36.6. The Bertz CT molecular complexity index is 1260. The second-order valence-electron chi connectivity index (χ2n) is 22.2. The minimum Gasteiger partial charge on any atom is -0.462 e. The van der Waals surface area contributed by atoms with Crippen molar-refractivity contribution in [3.05, 3.63) is 60.8 Å². The third-order valence-electron chi connectivity index (χ3n) is 14.8. The van der Waals surface area contributed by atoms with E-state index in [9.17, 15) is 14.7 Å². The van der Waals surface area contributed by atoms with Gasteiger partial charge in [-0.05, 0) is 57.8 Å². The Balaban J connectivity index is 3.40. The van der Waals surface area contributed by atoms with Crippen LogP contribution in [-0.4, -0.2) is 36.4 Å². The SMILES string of the molecule is CC/C=C\C/C=C\C/C=C\C/C=C\C/C=C\CCCCCCCCCCCCCCCCCCCCCCCC(=O)OC(CO)COC(=O)CCCCCCCCCCCCCCCCCCCCCCCCC. The van der Waals surface area contributed by atoms with Gasteiger partial charge in [-0.15, -0.1) is 0 Å². The summed E-state index contributed by atoms with van der Waals surface area (Å²) >= 11 is 0. The van der Waals surface area contributed by atoms with Crippen LogP contribution in [0.2, 0.25) is 0 Å². The lowest BCUT2D eigenvalue weighted by molar-refractivity contribution is -0.161. The van der Waals surface area contributed by atoms with Crippen LogP contribution < -0.4 is 0 Å². The third-order valence-corrected chi connectivity index (χ3v) is 14.8. The number of ether oxygens (including phenoxy) is 2. The smallest absolute Gasteiger partial charge is 0.306 e. The fourth-order valence-electron chi connectivity index (χ4n) is 9.94. The van der Waals surface area contributed by atoms with Gasteiger partial charge in [0.05, 0.1) is 6.61 Å². The Morgan fingerprint density at radius 1 is 0.324 bits per heavy atom. The number of carbonyl (C=O) groups excluding carboxylic acids is 2. The summed E-state index contributed by atoms with van der Waals surface area (Å²) in [6.45, 7) is 4.08. The average molecular weight is 1040 g/mol. The minimum absolute atomic E-state index is 0.0598. The molecular formula is C69H126O5. The lowest BCUT2D eigenvalue weighted by Crippen LogP contribution is -2.28. The van der Waals surface area contributed by atoms with Crippen molar-refractivity contribution in [2.24, 2.45) is 0 Å². The summed E-state index contributed by atoms with van der Waals surface area (Å²) in [7, 11) is 0. The molecule has 0 saturated carbocycles. The number of carbonyl (C=O) groups is 2. The molecule has 1 atom stereocenters. The molecule has 1 unspecified atom stereocenters. The van der Waals surface area contributed by atoms with Gasteiger partial charge < -0.3 is 14.6 Å². The number of hydrogen-bond donors (Lipinski definition) is 1. The molecule has 0 saturated heterocycles. The molecule has 0 aliphatic heterocycles. The van der Waals surface area contributed by atoms with Gasteiger partial charge in [0, 0.05) is 12.8 Å². The van der Waals surface area contributed by atoms with Crippen LogP contribution in [0.25, 0.3) is 0 Å². The van der Waals surface area contributed by atoms with E-state index in [2.05, 4.69) is 74.6 Å². The van der Waals surface area contributed by atoms with Crippen molar-refractivity contribution >= 4 is 11.9 Å². The molecule has 0 bridgehead atoms. The Labute approximate surface area is 461 Å². The van der Waals surface area contributed by atoms with Crippen molar-refractivity contribution < 1.29 is 24.2 Å². The molecule has 5 heteroatoms. The van der Waals surface area contributed by atoms with Crippen LogP contribution in [-0.2, 0) is 19.1 Å². The number of aliphatic hydroxyl groups excluding tert-OH is 1. The third kappa shape index (κ3) is 62.1. The van der Waals surface area contributed by atoms with Crippen LogP contribution in [0.1, 0.15) is 348 Å². The van der Waals surface area contributed by atoms with E-state index in [-0.39, 0.29) is 25.2 Å². The molecule has 5 nitrogen and oxygen atoms in total. The molecule has 0 radical (unpaired) electrons. The first-order valence-electron chi connectivity index (χ1n) is 32.8. The Morgan fingerprint density at radius 3 is 0.878 bits per heavy atom. The predicted molar refractivity (Wildman–Crippen MR) is 325 cm³/mol. The standard InChI is InChI=1S/C69H126O5/c1-3-5-7-9-11-13-15-17-19-21-23-25-27-28-29-30-31-32-33-34-35-36-37-38-39-40-42-44-46-48-50-52-54-56-58-60-62-64-69(72)74-67(65-70)66-73-68(71)63-61-59-57-55-53-51-49-47-45-43-41-26-24-22-20-18-16-14-12-10-8-6-4-2/h5,7,11,13,17,19,23,25,28-29,67,70H,3-4,6,8-10,12,14-16,18,20-22,24,26-27,30-66H2,1-2H3/b7-5-,13-11-,19-17-,25-23-,29-28-. The Kier molecular flexibility index (Phi) is 62.8. The summed E-state index contributed by atoms with van der Waals surface area (Å²) in [6.07, 6.45) is 88.1. The second-order valence-corrected chi connectivity index (χ2v) is 22.2. The molecular weight excluding hydrogens is 909 g/mol. The highest BCUT2D eigenvalue weighted by Gasteiger charge is 2.16. The largest absolute Gasteiger partial charge is 0.462 e. The molecule has 0 aromatic heterocycles. The van der Waals surface area contributed by atoms with Gasteiger partial charge in [0.25, 0.3) is 0 Å². The van der Waals surface area contributed by atoms with Gasteiger partial charge in [-0.25, -0.2) is 0 Å². The van der Waals surface area contributed by atoms with E-state index in [0.717, 1.165) is 64.2 Å². The summed E-state index contributed by atoms with van der Waals surface area (Å²) in [5.74, 6) is -0.568. The summed E-state index contributed by atoms with van der Waals surface area (Å²) < 4.78 is 10.7. The molecule has 0 amide bonds. The van der Waals surface area contributed by atoms with Crippen molar-refractivity contribution in [3.8, 4) is 0 Å². The Hall–Kier alpha value is -2.40. The van der Waals surface area contributed by atoms with Gasteiger partial charge in [-0.1, -0.05) is 338 Å². The zero-order valence-corrected chi connectivity index (χ0v) is 49.6. The Morgan fingerprint density at radius 2 is 0.581 bits per heavy atom. The molecule has 1 N–H and O–H groups in total. The number of aliphatic hydroxyl groups is 1. The van der Waals surface area contributed by atoms with Crippen molar-refractivity contribution in [3.63, 3.8) is 0 Å². The lowest BCUT2D eigenvalue weighted by Gasteiger charge is -2.15. The van der Waals surface area contributed by atoms with Gasteiger partial charge in [-0.2, -0.15) is 0 Å². The monoisotopic (exact) mass is 1030 g/mol. The van der Waals surface area contributed by atoms with Crippen LogP contribution in [0, 0.1) is 0 Å². The molecule has 0 heterocycles. The topological polar surface area (TPSA) is 72.8 Å². The van der Waals surface area contributed by atoms with Crippen LogP contribution in [0.4, 0.5) is 0 Å². The van der Waals surface area contributed by atoms with Gasteiger partial charge in [-0.3, -0.25) is 9.59 Å². The molecule has 0 aliphatic carbocycles. The summed E-state index contributed by atoms with van der Waals surface area (Å²) in [4.78, 5) is 24.6. The highest BCUT2D eigenvalue weighted by atomic mass is 16.6. The van der Waals surface area contributed by atoms with Crippen LogP contribution in [0.5, 0.6) is 0 Å². The van der Waals surface area contributed by atoms with E-state index in [0.29, 0.717) is 12.8 Å². The predicted octanol–water partition coefficient (Wildman–Crippen LogP) is 22.5. The van der Waals surface area contributed by atoms with Crippen molar-refractivity contribution in [1.82, 2.24) is 0 Å². The molecule has 74 heavy (non-hydrogen) atoms. The molecule has 0 aromatic carbocycles. The van der Waals surface area contributed by atoms with E-state index in [1.165, 1.54) is 257 Å². The van der Waals surface area contributed by atoms with E-state index >= 15 is 0 Å². The van der Waals surface area contributed by atoms with E-state index in [1.807, 2.05) is 0 Å². The maximum absolute atomic E-state index is 12.3. The molecule has 0 rings (SSSR count). The summed E-state index contributed by atoms with van der Waals surface area (Å²) in [6, 6.07) is 0. The summed E-state index contributed by atoms with van der Waals surface area (Å²) in [5.41, 5.74) is 0. The number of hydrogen-bond acceptors (Lipinski definition) is 5. The van der Waals surface area contributed by atoms with Crippen LogP contribution >= 0.6 is 0 Å². The van der Waals surface area contributed by atoms with Crippen molar-refractivity contribution in [2.45, 2.75) is 354 Å². The van der Waals surface area contributed by atoms with Gasteiger partial charge in [0.1, 0.15) is 6.61 Å². The average Bonchev–Trinajstić information content (AvgIpc) is 3.40. The molecule has 0 spiro atoms. The first kappa shape index (κ1) is 71.6. The maximum atomic E-state index is 12.3. The number of esters is 2. The van der Waals surface area contributed by atoms with Gasteiger partial charge >= 0.3 is 11.9 Å². The van der Waals surface area contributed by atoms with Crippen molar-refractivity contribution in [2.75, 3.05) is 13.2 Å². The number of unbranched alkanes of at least 4 members (excludes halogenated alkanes) is 43. The van der Waals surface area contributed by atoms with E-state index in [4.69, 9.17) is 9.47 Å². The van der Waals surface area contributed by atoms with E-state index < -0.39 is 6.10 Å². The fraction of sp³-hybridized carbons (Fsp3) is 0.826. The zero-order valence-electron chi connectivity index (χ0n) is 49.6. The minimum atomic E-state index is -0.770. The zero-order chi connectivity index (χ0) is 53.4. The molecule has 432 valence electrons. The van der Waals surface area contributed by atoms with Crippen LogP contribution in [0.15, 0.2) is 60.8 Å². The summed E-state index contributed by atoms with van der Waals surface area (Å²) in [5, 5.41) is 9.68. The van der Waals surface area contributed by atoms with Gasteiger partial charge in [0.15, 0.2) is 6.10 Å².